The van der Waals surface area contributed by atoms with E-state index in [2.05, 4.69) is 13.6 Å². The van der Waals surface area contributed by atoms with Gasteiger partial charge in [0.2, 0.25) is 0 Å². The van der Waals surface area contributed by atoms with Crippen molar-refractivity contribution in [3.63, 3.8) is 0 Å². The maximum atomic E-state index is 11.4. The predicted molar refractivity (Wildman–Crippen MR) is 56.3 cm³/mol. The Hall–Kier alpha value is -0.640. The lowest BCUT2D eigenvalue weighted by molar-refractivity contribution is -0.131. The minimum atomic E-state index is -3.72. The Morgan fingerprint density at radius 1 is 1.27 bits per heavy atom. The van der Waals surface area contributed by atoms with E-state index in [-0.39, 0.29) is 5.92 Å². The maximum Gasteiger partial charge on any atom is 0.531 e. The summed E-state index contributed by atoms with van der Waals surface area (Å²) in [4.78, 5) is 11.4. The molecule has 0 saturated heterocycles. The Morgan fingerprint density at radius 2 is 1.73 bits per heavy atom. The molecule has 0 bridgehead atoms. The molecule has 88 valence electrons. The van der Waals surface area contributed by atoms with Gasteiger partial charge in [0.15, 0.2) is 0 Å². The number of carbonyl (C=O) groups excluding carboxylic acids is 1. The van der Waals surface area contributed by atoms with Crippen molar-refractivity contribution in [3.8, 4) is 0 Å². The van der Waals surface area contributed by atoms with Crippen LogP contribution in [-0.4, -0.2) is 20.2 Å². The van der Waals surface area contributed by atoms with E-state index < -0.39 is 13.8 Å². The third-order valence-electron chi connectivity index (χ3n) is 1.55. The van der Waals surface area contributed by atoms with Crippen molar-refractivity contribution in [2.24, 2.45) is 5.92 Å². The largest absolute Gasteiger partial charge is 0.531 e. The van der Waals surface area contributed by atoms with Gasteiger partial charge in [-0.1, -0.05) is 19.9 Å². The molecule has 0 heterocycles. The van der Waals surface area contributed by atoms with E-state index in [0.717, 1.165) is 14.2 Å². The van der Waals surface area contributed by atoms with Crippen molar-refractivity contribution in [2.75, 3.05) is 14.2 Å². The van der Waals surface area contributed by atoms with E-state index in [4.69, 9.17) is 0 Å². The second-order valence-electron chi connectivity index (χ2n) is 3.28. The van der Waals surface area contributed by atoms with Gasteiger partial charge < -0.3 is 4.52 Å². The number of rotatable bonds is 5. The van der Waals surface area contributed by atoms with Crippen LogP contribution in [0, 0.1) is 5.92 Å². The number of phosphoric acid groups is 1. The van der Waals surface area contributed by atoms with Crippen LogP contribution < -0.4 is 0 Å². The van der Waals surface area contributed by atoms with Crippen molar-refractivity contribution >= 4 is 13.8 Å². The van der Waals surface area contributed by atoms with Crippen LogP contribution >= 0.6 is 7.82 Å². The van der Waals surface area contributed by atoms with Gasteiger partial charge in [-0.05, 0) is 12.8 Å². The zero-order valence-electron chi connectivity index (χ0n) is 9.64. The van der Waals surface area contributed by atoms with E-state index in [0.29, 0.717) is 5.57 Å². The van der Waals surface area contributed by atoms with Gasteiger partial charge in [0.25, 0.3) is 0 Å². The quantitative estimate of drug-likeness (QED) is 0.542. The third kappa shape index (κ3) is 5.11. The van der Waals surface area contributed by atoms with Crippen LogP contribution in [0.15, 0.2) is 11.6 Å². The molecule has 0 aromatic rings. The van der Waals surface area contributed by atoms with Gasteiger partial charge in [-0.2, -0.15) is 0 Å². The molecule has 0 fully saturated rings. The van der Waals surface area contributed by atoms with Crippen LogP contribution in [0.1, 0.15) is 20.8 Å². The molecule has 6 heteroatoms. The predicted octanol–water partition coefficient (Wildman–Crippen LogP) is 2.53. The highest BCUT2D eigenvalue weighted by atomic mass is 31.2. The van der Waals surface area contributed by atoms with Crippen molar-refractivity contribution in [2.45, 2.75) is 20.8 Å². The molecule has 0 radical (unpaired) electrons. The SMILES string of the molecule is COP(=O)(OC)OC(=O)/C(C)=C\C(C)C. The lowest BCUT2D eigenvalue weighted by Gasteiger charge is -2.13. The smallest absolute Gasteiger partial charge is 0.367 e. The first-order valence-electron chi connectivity index (χ1n) is 4.48. The molecular formula is C9H17O5P. The number of hydrogen-bond acceptors (Lipinski definition) is 5. The summed E-state index contributed by atoms with van der Waals surface area (Å²) in [6, 6.07) is 0. The molecule has 0 aliphatic rings. The summed E-state index contributed by atoms with van der Waals surface area (Å²) in [6.45, 7) is 5.42. The Morgan fingerprint density at radius 3 is 2.07 bits per heavy atom. The van der Waals surface area contributed by atoms with Crippen LogP contribution in [0.5, 0.6) is 0 Å². The maximum absolute atomic E-state index is 11.4. The Kier molecular flexibility index (Phi) is 5.80. The molecule has 0 spiro atoms. The molecule has 0 N–H and O–H groups in total. The topological polar surface area (TPSA) is 61.8 Å². The molecule has 15 heavy (non-hydrogen) atoms. The highest BCUT2D eigenvalue weighted by Crippen LogP contribution is 2.48. The van der Waals surface area contributed by atoms with Crippen LogP contribution in [0.25, 0.3) is 0 Å². The summed E-state index contributed by atoms with van der Waals surface area (Å²) in [7, 11) is -1.42. The highest BCUT2D eigenvalue weighted by molar-refractivity contribution is 7.49. The number of allylic oxidation sites excluding steroid dienone is 1. The first-order valence-corrected chi connectivity index (χ1v) is 5.94. The zero-order chi connectivity index (χ0) is 12.1. The minimum absolute atomic E-state index is 0.210. The Labute approximate surface area is 90.0 Å². The van der Waals surface area contributed by atoms with Crippen LogP contribution in [0.2, 0.25) is 0 Å². The molecule has 5 nitrogen and oxygen atoms in total. The van der Waals surface area contributed by atoms with Gasteiger partial charge >= 0.3 is 13.8 Å². The van der Waals surface area contributed by atoms with Gasteiger partial charge in [-0.15, -0.1) is 0 Å². The van der Waals surface area contributed by atoms with Crippen molar-refractivity contribution in [1.29, 1.82) is 0 Å². The van der Waals surface area contributed by atoms with Crippen molar-refractivity contribution in [1.82, 2.24) is 0 Å². The lowest BCUT2D eigenvalue weighted by atomic mass is 10.1. The van der Waals surface area contributed by atoms with Crippen molar-refractivity contribution < 1.29 is 22.9 Å². The first-order chi connectivity index (χ1) is 6.84. The molecule has 0 aromatic carbocycles. The van der Waals surface area contributed by atoms with Gasteiger partial charge in [0.05, 0.1) is 0 Å². The summed E-state index contributed by atoms with van der Waals surface area (Å²) < 4.78 is 25.0. The normalized spacial score (nSPS) is 13.1. The minimum Gasteiger partial charge on any atom is -0.367 e. The van der Waals surface area contributed by atoms with Crippen molar-refractivity contribution in [3.05, 3.63) is 11.6 Å². The van der Waals surface area contributed by atoms with Crippen LogP contribution in [0.3, 0.4) is 0 Å². The monoisotopic (exact) mass is 236 g/mol. The summed E-state index contributed by atoms with van der Waals surface area (Å²) in [5.74, 6) is -0.488. The molecule has 0 rings (SSSR count). The molecular weight excluding hydrogens is 219 g/mol. The number of carbonyl (C=O) groups is 1. The first kappa shape index (κ1) is 14.4. The molecule has 0 saturated carbocycles. The highest BCUT2D eigenvalue weighted by Gasteiger charge is 2.28. The second kappa shape index (κ2) is 6.05. The standard InChI is InChI=1S/C9H17O5P/c1-7(2)6-8(3)9(10)14-15(11,12-4)13-5/h6-7H,1-5H3/b8-6-. The molecule has 0 atom stereocenters. The van der Waals surface area contributed by atoms with Gasteiger partial charge in [0.1, 0.15) is 0 Å². The van der Waals surface area contributed by atoms with Gasteiger partial charge in [-0.25, -0.2) is 9.36 Å². The van der Waals surface area contributed by atoms with Gasteiger partial charge in [-0.3, -0.25) is 9.05 Å². The summed E-state index contributed by atoms with van der Waals surface area (Å²) in [5.41, 5.74) is 0.374. The second-order valence-corrected chi connectivity index (χ2v) is 5.09. The van der Waals surface area contributed by atoms with E-state index >= 15 is 0 Å². The van der Waals surface area contributed by atoms with E-state index in [1.807, 2.05) is 13.8 Å². The third-order valence-corrected chi connectivity index (χ3v) is 2.83. The summed E-state index contributed by atoms with van der Waals surface area (Å²) in [6.07, 6.45) is 1.71. The number of phosphoric ester groups is 1. The van der Waals surface area contributed by atoms with Gasteiger partial charge in [0, 0.05) is 19.8 Å². The summed E-state index contributed by atoms with van der Waals surface area (Å²) in [5, 5.41) is 0. The molecule has 0 aromatic heterocycles. The van der Waals surface area contributed by atoms with Crippen LogP contribution in [0.4, 0.5) is 0 Å². The fourth-order valence-corrected chi connectivity index (χ4v) is 1.54. The molecule has 0 amide bonds. The summed E-state index contributed by atoms with van der Waals surface area (Å²) >= 11 is 0. The van der Waals surface area contributed by atoms with E-state index in [1.165, 1.54) is 0 Å². The fourth-order valence-electron chi connectivity index (χ4n) is 0.891. The van der Waals surface area contributed by atoms with E-state index in [9.17, 15) is 9.36 Å². The molecule has 0 aliphatic heterocycles. The molecule has 0 aliphatic carbocycles. The molecule has 0 unspecified atom stereocenters. The Bertz CT molecular complexity index is 287. The Balaban J connectivity index is 4.56. The van der Waals surface area contributed by atoms with E-state index in [1.54, 1.807) is 13.0 Å². The zero-order valence-corrected chi connectivity index (χ0v) is 10.5. The number of hydrogen-bond donors (Lipinski definition) is 0. The fraction of sp³-hybridized carbons (Fsp3) is 0.667. The lowest BCUT2D eigenvalue weighted by Crippen LogP contribution is -2.07. The average molecular weight is 236 g/mol. The average Bonchev–Trinajstić information content (AvgIpc) is 2.16. The van der Waals surface area contributed by atoms with Crippen LogP contribution in [-0.2, 0) is 22.9 Å².